The molecule has 2 aliphatic rings. The van der Waals surface area contributed by atoms with Crippen LogP contribution in [-0.4, -0.2) is 5.78 Å². The van der Waals surface area contributed by atoms with Crippen molar-refractivity contribution in [3.05, 3.63) is 89.6 Å². The summed E-state index contributed by atoms with van der Waals surface area (Å²) in [5.41, 5.74) is 6.70. The lowest BCUT2D eigenvalue weighted by Gasteiger charge is -2.18. The van der Waals surface area contributed by atoms with Crippen LogP contribution in [0.2, 0.25) is 0 Å². The molecule has 1 heteroatoms. The Hall–Kier alpha value is -2.41. The molecular formula is C25H28O. The molecule has 0 saturated heterocycles. The summed E-state index contributed by atoms with van der Waals surface area (Å²) in [4.78, 5) is 12.4. The van der Waals surface area contributed by atoms with Crippen molar-refractivity contribution in [3.8, 4) is 0 Å². The van der Waals surface area contributed by atoms with Crippen LogP contribution in [0.5, 0.6) is 0 Å². The maximum Gasteiger partial charge on any atom is 0.137 e. The first kappa shape index (κ1) is 18.4. The standard InChI is InChI=1S/C25H28O/c1-3-8-24-22(14-16-25(24)21-9-6-5-7-10-21)13-15-23(26)18-20-12-11-19(4-2)17-20/h3,5-7,9-12,14,16,24H,1,4,8,13,15,17-18H2,2H3. The summed E-state index contributed by atoms with van der Waals surface area (Å²) < 4.78 is 0. The van der Waals surface area contributed by atoms with Gasteiger partial charge in [-0.2, -0.15) is 0 Å². The number of Topliss-reactive ketones (excluding diaryl/α,β-unsaturated/α-hetero) is 1. The Kier molecular flexibility index (Phi) is 6.22. The quantitative estimate of drug-likeness (QED) is 0.461. The number of ketones is 1. The highest BCUT2D eigenvalue weighted by Crippen LogP contribution is 2.39. The zero-order valence-corrected chi connectivity index (χ0v) is 15.7. The van der Waals surface area contributed by atoms with Gasteiger partial charge in [0.2, 0.25) is 0 Å². The summed E-state index contributed by atoms with van der Waals surface area (Å²) in [5.74, 6) is 0.718. The zero-order valence-electron chi connectivity index (χ0n) is 15.7. The lowest BCUT2D eigenvalue weighted by atomic mass is 9.85. The highest BCUT2D eigenvalue weighted by Gasteiger charge is 2.23. The van der Waals surface area contributed by atoms with Crippen molar-refractivity contribution in [3.63, 3.8) is 0 Å². The third-order valence-corrected chi connectivity index (χ3v) is 5.39. The van der Waals surface area contributed by atoms with Crippen LogP contribution in [0, 0.1) is 5.92 Å². The molecule has 0 aliphatic heterocycles. The minimum Gasteiger partial charge on any atom is -0.299 e. The van der Waals surface area contributed by atoms with Gasteiger partial charge < -0.3 is 0 Å². The lowest BCUT2D eigenvalue weighted by molar-refractivity contribution is -0.118. The van der Waals surface area contributed by atoms with E-state index >= 15 is 0 Å². The SMILES string of the molecule is C=CCC1C(CCC(=O)CC2=CC=C(CC)C2)=CC=C1c1ccccc1. The van der Waals surface area contributed by atoms with E-state index in [-0.39, 0.29) is 0 Å². The Morgan fingerprint density at radius 1 is 1.12 bits per heavy atom. The molecule has 0 heterocycles. The molecule has 1 unspecified atom stereocenters. The van der Waals surface area contributed by atoms with Crippen LogP contribution in [0.15, 0.2) is 84.0 Å². The average molecular weight is 344 g/mol. The Labute approximate surface area is 157 Å². The van der Waals surface area contributed by atoms with E-state index in [1.165, 1.54) is 27.9 Å². The normalized spacial score (nSPS) is 18.9. The highest BCUT2D eigenvalue weighted by atomic mass is 16.1. The van der Waals surface area contributed by atoms with Gasteiger partial charge >= 0.3 is 0 Å². The van der Waals surface area contributed by atoms with Gasteiger partial charge in [0.1, 0.15) is 5.78 Å². The van der Waals surface area contributed by atoms with Gasteiger partial charge in [-0.25, -0.2) is 0 Å². The predicted octanol–water partition coefficient (Wildman–Crippen LogP) is 6.61. The van der Waals surface area contributed by atoms with Gasteiger partial charge in [0.15, 0.2) is 0 Å². The average Bonchev–Trinajstić information content (AvgIpc) is 3.28. The van der Waals surface area contributed by atoms with E-state index in [4.69, 9.17) is 0 Å². The van der Waals surface area contributed by atoms with Crippen LogP contribution in [-0.2, 0) is 4.79 Å². The molecule has 134 valence electrons. The first-order chi connectivity index (χ1) is 12.7. The molecule has 1 atom stereocenters. The molecule has 0 N–H and O–H groups in total. The van der Waals surface area contributed by atoms with Crippen molar-refractivity contribution >= 4 is 11.4 Å². The van der Waals surface area contributed by atoms with Gasteiger partial charge in [-0.05, 0) is 36.8 Å². The molecular weight excluding hydrogens is 316 g/mol. The Morgan fingerprint density at radius 3 is 2.58 bits per heavy atom. The molecule has 2 aliphatic carbocycles. The van der Waals surface area contributed by atoms with E-state index in [1.807, 2.05) is 12.1 Å². The van der Waals surface area contributed by atoms with Crippen molar-refractivity contribution < 1.29 is 4.79 Å². The van der Waals surface area contributed by atoms with Crippen molar-refractivity contribution in [2.75, 3.05) is 0 Å². The van der Waals surface area contributed by atoms with E-state index in [9.17, 15) is 4.79 Å². The summed E-state index contributed by atoms with van der Waals surface area (Å²) in [6.07, 6.45) is 15.8. The van der Waals surface area contributed by atoms with E-state index in [1.54, 1.807) is 0 Å². The molecule has 0 radical (unpaired) electrons. The number of carbonyl (C=O) groups excluding carboxylic acids is 1. The number of hydrogen-bond acceptors (Lipinski definition) is 1. The van der Waals surface area contributed by atoms with Crippen LogP contribution in [0.25, 0.3) is 5.57 Å². The van der Waals surface area contributed by atoms with Gasteiger partial charge in [0.25, 0.3) is 0 Å². The molecule has 0 spiro atoms. The second-order valence-corrected chi connectivity index (χ2v) is 7.20. The summed E-state index contributed by atoms with van der Waals surface area (Å²) in [6, 6.07) is 10.5. The largest absolute Gasteiger partial charge is 0.299 e. The molecule has 1 aromatic carbocycles. The molecule has 1 nitrogen and oxygen atoms in total. The molecule has 0 amide bonds. The molecule has 26 heavy (non-hydrogen) atoms. The Balaban J connectivity index is 1.55. The van der Waals surface area contributed by atoms with E-state index in [0.717, 1.165) is 25.7 Å². The van der Waals surface area contributed by atoms with Crippen molar-refractivity contribution in [1.82, 2.24) is 0 Å². The fourth-order valence-electron chi connectivity index (χ4n) is 3.89. The number of carbonyl (C=O) groups is 1. The van der Waals surface area contributed by atoms with Crippen LogP contribution in [0.4, 0.5) is 0 Å². The van der Waals surface area contributed by atoms with Crippen molar-refractivity contribution in [1.29, 1.82) is 0 Å². The molecule has 1 aromatic rings. The first-order valence-corrected chi connectivity index (χ1v) is 9.67. The van der Waals surface area contributed by atoms with Gasteiger partial charge in [0, 0.05) is 18.8 Å². The monoisotopic (exact) mass is 344 g/mol. The predicted molar refractivity (Wildman–Crippen MR) is 111 cm³/mol. The smallest absolute Gasteiger partial charge is 0.137 e. The fourth-order valence-corrected chi connectivity index (χ4v) is 3.89. The van der Waals surface area contributed by atoms with Crippen LogP contribution in [0.1, 0.15) is 51.0 Å². The summed E-state index contributed by atoms with van der Waals surface area (Å²) in [7, 11) is 0. The molecule has 0 fully saturated rings. The number of benzene rings is 1. The van der Waals surface area contributed by atoms with Crippen LogP contribution in [0.3, 0.4) is 0 Å². The highest BCUT2D eigenvalue weighted by molar-refractivity contribution is 5.82. The number of allylic oxidation sites excluding steroid dienone is 9. The minimum atomic E-state index is 0.355. The Bertz CT molecular complexity index is 787. The molecule has 0 saturated carbocycles. The van der Waals surface area contributed by atoms with Crippen LogP contribution >= 0.6 is 0 Å². The number of hydrogen-bond donors (Lipinski definition) is 0. The van der Waals surface area contributed by atoms with Crippen molar-refractivity contribution in [2.24, 2.45) is 5.92 Å². The summed E-state index contributed by atoms with van der Waals surface area (Å²) >= 11 is 0. The minimum absolute atomic E-state index is 0.355. The lowest BCUT2D eigenvalue weighted by Crippen LogP contribution is -2.06. The van der Waals surface area contributed by atoms with Crippen molar-refractivity contribution in [2.45, 2.75) is 45.4 Å². The zero-order chi connectivity index (χ0) is 18.4. The van der Waals surface area contributed by atoms with Gasteiger partial charge in [-0.3, -0.25) is 4.79 Å². The third kappa shape index (κ3) is 4.40. The third-order valence-electron chi connectivity index (χ3n) is 5.39. The topological polar surface area (TPSA) is 17.1 Å². The molecule has 3 rings (SSSR count). The van der Waals surface area contributed by atoms with Crippen LogP contribution < -0.4 is 0 Å². The van der Waals surface area contributed by atoms with Gasteiger partial charge in [-0.1, -0.05) is 84.4 Å². The summed E-state index contributed by atoms with van der Waals surface area (Å²) in [6.45, 7) is 6.11. The second kappa shape index (κ2) is 8.80. The maximum atomic E-state index is 12.4. The fraction of sp³-hybridized carbons (Fsp3) is 0.320. The number of rotatable bonds is 9. The first-order valence-electron chi connectivity index (χ1n) is 9.67. The van der Waals surface area contributed by atoms with E-state index in [0.29, 0.717) is 24.5 Å². The van der Waals surface area contributed by atoms with Gasteiger partial charge in [0.05, 0.1) is 0 Å². The molecule has 0 bridgehead atoms. The van der Waals surface area contributed by atoms with E-state index < -0.39 is 0 Å². The molecule has 0 aromatic heterocycles. The van der Waals surface area contributed by atoms with E-state index in [2.05, 4.69) is 62.1 Å². The Morgan fingerprint density at radius 2 is 1.88 bits per heavy atom. The van der Waals surface area contributed by atoms with Gasteiger partial charge in [-0.15, -0.1) is 6.58 Å². The maximum absolute atomic E-state index is 12.4. The summed E-state index contributed by atoms with van der Waals surface area (Å²) in [5, 5.41) is 0. The second-order valence-electron chi connectivity index (χ2n) is 7.20.